The molecule has 4 nitrogen and oxygen atoms in total. The van der Waals surface area contributed by atoms with Crippen molar-refractivity contribution >= 4 is 29.9 Å². The van der Waals surface area contributed by atoms with E-state index in [2.05, 4.69) is 48.5 Å². The maximum absolute atomic E-state index is 5.39. The standard InChI is InChI=1S/C15H25N3O.HI/c1-11(2)9-17-15(16-4)18-10-13-7-6-12(3)8-14(13)19-5;/h6-8,11H,9-10H2,1-5H3,(H2,16,17,18);1H. The molecule has 2 N–H and O–H groups in total. The lowest BCUT2D eigenvalue weighted by molar-refractivity contribution is 0.408. The molecule has 114 valence electrons. The average Bonchev–Trinajstić information content (AvgIpc) is 2.39. The summed E-state index contributed by atoms with van der Waals surface area (Å²) in [4.78, 5) is 4.20. The van der Waals surface area contributed by atoms with Crippen molar-refractivity contribution in [3.05, 3.63) is 29.3 Å². The molecule has 0 aliphatic carbocycles. The maximum atomic E-state index is 5.39. The van der Waals surface area contributed by atoms with Crippen LogP contribution in [0.4, 0.5) is 0 Å². The van der Waals surface area contributed by atoms with E-state index in [1.54, 1.807) is 14.2 Å². The van der Waals surface area contributed by atoms with Crippen molar-refractivity contribution in [3.63, 3.8) is 0 Å². The summed E-state index contributed by atoms with van der Waals surface area (Å²) in [5, 5.41) is 6.58. The van der Waals surface area contributed by atoms with Gasteiger partial charge in [0.1, 0.15) is 5.75 Å². The number of ether oxygens (including phenoxy) is 1. The number of aryl methyl sites for hydroxylation is 1. The van der Waals surface area contributed by atoms with Gasteiger partial charge in [-0.15, -0.1) is 24.0 Å². The highest BCUT2D eigenvalue weighted by Crippen LogP contribution is 2.19. The second kappa shape index (κ2) is 9.85. The van der Waals surface area contributed by atoms with E-state index in [0.29, 0.717) is 12.5 Å². The third kappa shape index (κ3) is 6.45. The van der Waals surface area contributed by atoms with Crippen LogP contribution in [0.15, 0.2) is 23.2 Å². The van der Waals surface area contributed by atoms with Crippen molar-refractivity contribution in [2.24, 2.45) is 10.9 Å². The van der Waals surface area contributed by atoms with Crippen LogP contribution in [-0.4, -0.2) is 26.7 Å². The number of rotatable bonds is 5. The molecule has 1 aromatic carbocycles. The fraction of sp³-hybridized carbons (Fsp3) is 0.533. The zero-order valence-electron chi connectivity index (χ0n) is 13.0. The molecule has 0 fully saturated rings. The molecule has 0 aliphatic rings. The number of nitrogens with one attached hydrogen (secondary N) is 2. The van der Waals surface area contributed by atoms with Gasteiger partial charge in [-0.3, -0.25) is 4.99 Å². The number of halogens is 1. The van der Waals surface area contributed by atoms with Crippen LogP contribution in [0.1, 0.15) is 25.0 Å². The highest BCUT2D eigenvalue weighted by molar-refractivity contribution is 14.0. The molecule has 0 amide bonds. The van der Waals surface area contributed by atoms with Crippen LogP contribution in [0.5, 0.6) is 5.75 Å². The van der Waals surface area contributed by atoms with E-state index in [-0.39, 0.29) is 24.0 Å². The lowest BCUT2D eigenvalue weighted by Gasteiger charge is -2.15. The van der Waals surface area contributed by atoms with Crippen LogP contribution in [0.25, 0.3) is 0 Å². The third-order valence-electron chi connectivity index (χ3n) is 2.79. The van der Waals surface area contributed by atoms with Crippen LogP contribution < -0.4 is 15.4 Å². The molecule has 0 saturated heterocycles. The zero-order chi connectivity index (χ0) is 14.3. The Balaban J connectivity index is 0.00000361. The van der Waals surface area contributed by atoms with Gasteiger partial charge in [0.05, 0.1) is 7.11 Å². The average molecular weight is 391 g/mol. The molecule has 0 aromatic heterocycles. The topological polar surface area (TPSA) is 45.7 Å². The Bertz CT molecular complexity index is 433. The Morgan fingerprint density at radius 2 is 2.00 bits per heavy atom. The first-order valence-electron chi connectivity index (χ1n) is 6.64. The minimum Gasteiger partial charge on any atom is -0.496 e. The molecule has 0 heterocycles. The van der Waals surface area contributed by atoms with Gasteiger partial charge in [-0.1, -0.05) is 26.0 Å². The van der Waals surface area contributed by atoms with Gasteiger partial charge in [0, 0.05) is 25.7 Å². The van der Waals surface area contributed by atoms with Gasteiger partial charge in [-0.05, 0) is 24.5 Å². The highest BCUT2D eigenvalue weighted by atomic mass is 127. The van der Waals surface area contributed by atoms with Crippen molar-refractivity contribution < 1.29 is 4.74 Å². The second-order valence-electron chi connectivity index (χ2n) is 5.02. The fourth-order valence-corrected chi connectivity index (χ4v) is 1.70. The second-order valence-corrected chi connectivity index (χ2v) is 5.02. The Hall–Kier alpha value is -0.980. The summed E-state index contributed by atoms with van der Waals surface area (Å²) in [5.41, 5.74) is 2.32. The number of hydrogen-bond donors (Lipinski definition) is 2. The minimum atomic E-state index is 0. The molecule has 0 unspecified atom stereocenters. The minimum absolute atomic E-state index is 0. The van der Waals surface area contributed by atoms with E-state index in [1.807, 2.05) is 6.07 Å². The molecular formula is C15H26IN3O. The van der Waals surface area contributed by atoms with Gasteiger partial charge in [0.15, 0.2) is 5.96 Å². The Labute approximate surface area is 139 Å². The summed E-state index contributed by atoms with van der Waals surface area (Å²) in [6, 6.07) is 6.21. The van der Waals surface area contributed by atoms with E-state index in [0.717, 1.165) is 23.8 Å². The lowest BCUT2D eigenvalue weighted by Crippen LogP contribution is -2.38. The Morgan fingerprint density at radius 3 is 2.55 bits per heavy atom. The lowest BCUT2D eigenvalue weighted by atomic mass is 10.1. The molecule has 0 atom stereocenters. The maximum Gasteiger partial charge on any atom is 0.191 e. The highest BCUT2D eigenvalue weighted by Gasteiger charge is 2.04. The SMILES string of the molecule is CN=C(NCc1ccc(C)cc1OC)NCC(C)C.I. The van der Waals surface area contributed by atoms with Gasteiger partial charge >= 0.3 is 0 Å². The van der Waals surface area contributed by atoms with Gasteiger partial charge in [0.2, 0.25) is 0 Å². The molecule has 0 saturated carbocycles. The summed E-state index contributed by atoms with van der Waals surface area (Å²) in [5.74, 6) is 2.32. The number of methoxy groups -OCH3 is 1. The normalized spacial score (nSPS) is 11.0. The van der Waals surface area contributed by atoms with Gasteiger partial charge in [0.25, 0.3) is 0 Å². The molecule has 0 aliphatic heterocycles. The largest absolute Gasteiger partial charge is 0.496 e. The summed E-state index contributed by atoms with van der Waals surface area (Å²) in [6.45, 7) is 8.00. The predicted octanol–water partition coefficient (Wildman–Crippen LogP) is 2.94. The van der Waals surface area contributed by atoms with E-state index in [9.17, 15) is 0 Å². The summed E-state index contributed by atoms with van der Waals surface area (Å²) in [6.07, 6.45) is 0. The summed E-state index contributed by atoms with van der Waals surface area (Å²) < 4.78 is 5.39. The third-order valence-corrected chi connectivity index (χ3v) is 2.79. The number of nitrogens with zero attached hydrogens (tertiary/aromatic N) is 1. The number of guanidine groups is 1. The van der Waals surface area contributed by atoms with Crippen LogP contribution >= 0.6 is 24.0 Å². The van der Waals surface area contributed by atoms with Gasteiger partial charge in [-0.25, -0.2) is 0 Å². The number of hydrogen-bond acceptors (Lipinski definition) is 2. The smallest absolute Gasteiger partial charge is 0.191 e. The number of benzene rings is 1. The van der Waals surface area contributed by atoms with Crippen LogP contribution in [0, 0.1) is 12.8 Å². The van der Waals surface area contributed by atoms with Gasteiger partial charge in [-0.2, -0.15) is 0 Å². The molecule has 0 spiro atoms. The first-order chi connectivity index (χ1) is 9.06. The number of aliphatic imine (C=N–C) groups is 1. The predicted molar refractivity (Wildman–Crippen MR) is 96.2 cm³/mol. The van der Waals surface area contributed by atoms with E-state index < -0.39 is 0 Å². The van der Waals surface area contributed by atoms with Crippen molar-refractivity contribution in [1.82, 2.24) is 10.6 Å². The summed E-state index contributed by atoms with van der Waals surface area (Å²) in [7, 11) is 3.48. The van der Waals surface area contributed by atoms with E-state index in [1.165, 1.54) is 5.56 Å². The van der Waals surface area contributed by atoms with Crippen LogP contribution in [0.3, 0.4) is 0 Å². The first-order valence-corrected chi connectivity index (χ1v) is 6.64. The molecule has 20 heavy (non-hydrogen) atoms. The molecule has 0 bridgehead atoms. The monoisotopic (exact) mass is 391 g/mol. The quantitative estimate of drug-likeness (QED) is 0.461. The molecule has 5 heteroatoms. The van der Waals surface area contributed by atoms with Crippen LogP contribution in [-0.2, 0) is 6.54 Å². The van der Waals surface area contributed by atoms with Crippen LogP contribution in [0.2, 0.25) is 0 Å². The van der Waals surface area contributed by atoms with E-state index in [4.69, 9.17) is 4.74 Å². The molecular weight excluding hydrogens is 365 g/mol. The van der Waals surface area contributed by atoms with Crippen molar-refractivity contribution in [2.75, 3.05) is 20.7 Å². The zero-order valence-corrected chi connectivity index (χ0v) is 15.3. The van der Waals surface area contributed by atoms with E-state index >= 15 is 0 Å². The molecule has 0 radical (unpaired) electrons. The Kier molecular flexibility index (Phi) is 9.37. The Morgan fingerprint density at radius 1 is 1.30 bits per heavy atom. The summed E-state index contributed by atoms with van der Waals surface area (Å²) >= 11 is 0. The molecule has 1 rings (SSSR count). The molecule has 1 aromatic rings. The van der Waals surface area contributed by atoms with Crippen molar-refractivity contribution in [3.8, 4) is 5.75 Å². The first kappa shape index (κ1) is 19.0. The van der Waals surface area contributed by atoms with Crippen molar-refractivity contribution in [2.45, 2.75) is 27.3 Å². The fourth-order valence-electron chi connectivity index (χ4n) is 1.70. The van der Waals surface area contributed by atoms with Gasteiger partial charge < -0.3 is 15.4 Å². The van der Waals surface area contributed by atoms with Crippen molar-refractivity contribution in [1.29, 1.82) is 0 Å².